The first-order valence-electron chi connectivity index (χ1n) is 4.69. The van der Waals surface area contributed by atoms with Gasteiger partial charge in [0.25, 0.3) is 0 Å². The van der Waals surface area contributed by atoms with Crippen LogP contribution in [0.15, 0.2) is 22.9 Å². The number of pyridine rings is 1. The molecular weight excluding hydrogens is 244 g/mol. The van der Waals surface area contributed by atoms with Gasteiger partial charge in [-0.3, -0.25) is 0 Å². The minimum absolute atomic E-state index is 0.441. The summed E-state index contributed by atoms with van der Waals surface area (Å²) in [5, 5.41) is 3.41. The van der Waals surface area contributed by atoms with E-state index in [-0.39, 0.29) is 0 Å². The second-order valence-corrected chi connectivity index (χ2v) is 4.35. The summed E-state index contributed by atoms with van der Waals surface area (Å²) < 4.78 is 6.08. The van der Waals surface area contributed by atoms with E-state index in [0.717, 1.165) is 23.1 Å². The predicted octanol–water partition coefficient (Wildman–Crippen LogP) is 2.43. The minimum Gasteiger partial charge on any atom is -0.381 e. The molecule has 1 aromatic rings. The second kappa shape index (κ2) is 4.28. The van der Waals surface area contributed by atoms with Gasteiger partial charge in [0.1, 0.15) is 4.60 Å². The Labute approximate surface area is 92.0 Å². The second-order valence-electron chi connectivity index (χ2n) is 3.54. The van der Waals surface area contributed by atoms with Crippen LogP contribution in [-0.2, 0) is 4.74 Å². The van der Waals surface area contributed by atoms with Gasteiger partial charge in [0.05, 0.1) is 18.0 Å². The van der Waals surface area contributed by atoms with Crippen LogP contribution in [0.3, 0.4) is 0 Å². The topological polar surface area (TPSA) is 34.1 Å². The summed E-state index contributed by atoms with van der Waals surface area (Å²) in [5.74, 6) is 0. The Morgan fingerprint density at radius 1 is 1.50 bits per heavy atom. The lowest BCUT2D eigenvalue weighted by atomic mass is 9.89. The molecule has 1 aromatic heterocycles. The summed E-state index contributed by atoms with van der Waals surface area (Å²) in [5.41, 5.74) is 1.08. The quantitative estimate of drug-likeness (QED) is 0.844. The highest BCUT2D eigenvalue weighted by Gasteiger charge is 2.28. The van der Waals surface area contributed by atoms with E-state index >= 15 is 0 Å². The molecule has 1 aliphatic carbocycles. The lowest BCUT2D eigenvalue weighted by Crippen LogP contribution is -2.40. The maximum atomic E-state index is 5.21. The highest BCUT2D eigenvalue weighted by Crippen LogP contribution is 2.26. The van der Waals surface area contributed by atoms with Crippen molar-refractivity contribution >= 4 is 21.6 Å². The van der Waals surface area contributed by atoms with Gasteiger partial charge >= 0.3 is 0 Å². The van der Waals surface area contributed by atoms with E-state index in [2.05, 4.69) is 26.2 Å². The highest BCUT2D eigenvalue weighted by molar-refractivity contribution is 9.10. The lowest BCUT2D eigenvalue weighted by molar-refractivity contribution is 0.0328. The number of hydrogen-bond acceptors (Lipinski definition) is 3. The number of methoxy groups -OCH3 is 1. The van der Waals surface area contributed by atoms with Crippen LogP contribution < -0.4 is 5.32 Å². The predicted molar refractivity (Wildman–Crippen MR) is 59.4 cm³/mol. The monoisotopic (exact) mass is 256 g/mol. The maximum Gasteiger partial charge on any atom is 0.106 e. The number of nitrogens with zero attached hydrogens (tertiary/aromatic N) is 1. The summed E-state index contributed by atoms with van der Waals surface area (Å²) in [7, 11) is 1.77. The molecule has 1 fully saturated rings. The molecule has 0 radical (unpaired) electrons. The van der Waals surface area contributed by atoms with Crippen molar-refractivity contribution in [2.75, 3.05) is 12.4 Å². The fourth-order valence-corrected chi connectivity index (χ4v) is 1.81. The zero-order valence-corrected chi connectivity index (χ0v) is 9.62. The molecule has 1 heterocycles. The summed E-state index contributed by atoms with van der Waals surface area (Å²) in [6.07, 6.45) is 4.46. The minimum atomic E-state index is 0.441. The van der Waals surface area contributed by atoms with Crippen molar-refractivity contribution in [1.82, 2.24) is 4.98 Å². The van der Waals surface area contributed by atoms with Crippen LogP contribution in [0, 0.1) is 0 Å². The average Bonchev–Trinajstić information content (AvgIpc) is 2.13. The number of ether oxygens (including phenoxy) is 1. The summed E-state index contributed by atoms with van der Waals surface area (Å²) in [6, 6.07) is 4.51. The van der Waals surface area contributed by atoms with Gasteiger partial charge in [0, 0.05) is 13.2 Å². The third-order valence-corrected chi connectivity index (χ3v) is 3.00. The first kappa shape index (κ1) is 9.93. The molecule has 3 nitrogen and oxygen atoms in total. The van der Waals surface area contributed by atoms with Crippen LogP contribution >= 0.6 is 15.9 Å². The molecule has 2 rings (SSSR count). The third kappa shape index (κ3) is 2.25. The molecule has 14 heavy (non-hydrogen) atoms. The van der Waals surface area contributed by atoms with E-state index in [4.69, 9.17) is 4.74 Å². The van der Waals surface area contributed by atoms with Crippen molar-refractivity contribution in [1.29, 1.82) is 0 Å². The van der Waals surface area contributed by atoms with Gasteiger partial charge in [-0.25, -0.2) is 4.98 Å². The third-order valence-electron chi connectivity index (χ3n) is 2.53. The van der Waals surface area contributed by atoms with Crippen molar-refractivity contribution in [2.24, 2.45) is 0 Å². The molecular formula is C10H13BrN2O. The fourth-order valence-electron chi connectivity index (χ4n) is 1.57. The van der Waals surface area contributed by atoms with Gasteiger partial charge < -0.3 is 10.1 Å². The summed E-state index contributed by atoms with van der Waals surface area (Å²) >= 11 is 3.30. The zero-order chi connectivity index (χ0) is 9.97. The molecule has 1 N–H and O–H groups in total. The van der Waals surface area contributed by atoms with Crippen molar-refractivity contribution in [2.45, 2.75) is 25.0 Å². The van der Waals surface area contributed by atoms with Gasteiger partial charge in [0.15, 0.2) is 0 Å². The molecule has 4 heteroatoms. The molecule has 0 unspecified atom stereocenters. The van der Waals surface area contributed by atoms with Crippen LogP contribution in [0.5, 0.6) is 0 Å². The number of aromatic nitrogens is 1. The Balaban J connectivity index is 1.84. The standard InChI is InChI=1S/C10H13BrN2O/c1-14-9-4-8(5-9)13-7-2-3-10(11)12-6-7/h2-3,6,8-9,13H,4-5H2,1H3. The van der Waals surface area contributed by atoms with Gasteiger partial charge in [0.2, 0.25) is 0 Å². The lowest BCUT2D eigenvalue weighted by Gasteiger charge is -2.35. The van der Waals surface area contributed by atoms with Crippen LogP contribution in [-0.4, -0.2) is 24.2 Å². The zero-order valence-electron chi connectivity index (χ0n) is 8.03. The Bertz CT molecular complexity index is 295. The Kier molecular flexibility index (Phi) is 3.03. The normalized spacial score (nSPS) is 25.6. The number of halogens is 1. The van der Waals surface area contributed by atoms with Crippen LogP contribution in [0.2, 0.25) is 0 Å². The van der Waals surface area contributed by atoms with E-state index in [9.17, 15) is 0 Å². The molecule has 0 amide bonds. The van der Waals surface area contributed by atoms with Gasteiger partial charge in [-0.15, -0.1) is 0 Å². The Hall–Kier alpha value is -0.610. The molecule has 76 valence electrons. The summed E-state index contributed by atoms with van der Waals surface area (Å²) in [4.78, 5) is 4.15. The number of anilines is 1. The van der Waals surface area contributed by atoms with Crippen LogP contribution in [0.1, 0.15) is 12.8 Å². The van der Waals surface area contributed by atoms with Crippen molar-refractivity contribution < 1.29 is 4.74 Å². The Morgan fingerprint density at radius 2 is 2.29 bits per heavy atom. The van der Waals surface area contributed by atoms with E-state index in [1.807, 2.05) is 18.3 Å². The number of hydrogen-bond donors (Lipinski definition) is 1. The van der Waals surface area contributed by atoms with E-state index < -0.39 is 0 Å². The maximum absolute atomic E-state index is 5.21. The fraction of sp³-hybridized carbons (Fsp3) is 0.500. The molecule has 0 spiro atoms. The van der Waals surface area contributed by atoms with Crippen LogP contribution in [0.4, 0.5) is 5.69 Å². The molecule has 1 saturated carbocycles. The Morgan fingerprint density at radius 3 is 2.86 bits per heavy atom. The molecule has 0 saturated heterocycles. The van der Waals surface area contributed by atoms with E-state index in [1.165, 1.54) is 0 Å². The highest BCUT2D eigenvalue weighted by atomic mass is 79.9. The number of rotatable bonds is 3. The van der Waals surface area contributed by atoms with Crippen LogP contribution in [0.25, 0.3) is 0 Å². The molecule has 0 aromatic carbocycles. The molecule has 1 aliphatic rings. The largest absolute Gasteiger partial charge is 0.381 e. The first-order chi connectivity index (χ1) is 6.78. The van der Waals surface area contributed by atoms with Crippen molar-refractivity contribution in [3.63, 3.8) is 0 Å². The number of nitrogens with one attached hydrogen (secondary N) is 1. The SMILES string of the molecule is COC1CC(Nc2ccc(Br)nc2)C1. The van der Waals surface area contributed by atoms with E-state index in [1.54, 1.807) is 7.11 Å². The van der Waals surface area contributed by atoms with Gasteiger partial charge in [-0.05, 0) is 40.9 Å². The van der Waals surface area contributed by atoms with Gasteiger partial charge in [-0.1, -0.05) is 0 Å². The molecule has 0 aliphatic heterocycles. The average molecular weight is 257 g/mol. The van der Waals surface area contributed by atoms with Crippen molar-refractivity contribution in [3.05, 3.63) is 22.9 Å². The summed E-state index contributed by atoms with van der Waals surface area (Å²) in [6.45, 7) is 0. The molecule has 0 atom stereocenters. The molecule has 0 bridgehead atoms. The van der Waals surface area contributed by atoms with Gasteiger partial charge in [-0.2, -0.15) is 0 Å². The smallest absolute Gasteiger partial charge is 0.106 e. The van der Waals surface area contributed by atoms with E-state index in [0.29, 0.717) is 12.1 Å². The first-order valence-corrected chi connectivity index (χ1v) is 5.48. The van der Waals surface area contributed by atoms with Crippen molar-refractivity contribution in [3.8, 4) is 0 Å².